The van der Waals surface area contributed by atoms with Crippen molar-refractivity contribution in [3.63, 3.8) is 0 Å². The molecular weight excluding hydrogens is 592 g/mol. The first kappa shape index (κ1) is 31.3. The van der Waals surface area contributed by atoms with E-state index in [9.17, 15) is 10.1 Å². The lowest BCUT2D eigenvalue weighted by Gasteiger charge is -2.27. The van der Waals surface area contributed by atoms with Crippen molar-refractivity contribution in [1.29, 1.82) is 5.26 Å². The van der Waals surface area contributed by atoms with Crippen LogP contribution < -0.4 is 29.4 Å². The van der Waals surface area contributed by atoms with Gasteiger partial charge in [-0.05, 0) is 60.4 Å². The third-order valence-electron chi connectivity index (χ3n) is 7.27. The smallest absolute Gasteiger partial charge is 0.349 e. The molecule has 4 aromatic rings. The number of carbonyl (C=O) groups is 1. The maximum atomic E-state index is 12.6. The predicted octanol–water partition coefficient (Wildman–Crippen LogP) is 7.64. The number of fused-ring (bicyclic) bond motifs is 1. The zero-order valence-electron chi connectivity index (χ0n) is 25.2. The van der Waals surface area contributed by atoms with Gasteiger partial charge in [0.05, 0.1) is 12.5 Å². The molecule has 0 bridgehead atoms. The molecule has 1 atom stereocenters. The lowest BCUT2D eigenvalue weighted by molar-refractivity contribution is -0.136. The van der Waals surface area contributed by atoms with Crippen molar-refractivity contribution in [3.8, 4) is 34.8 Å². The summed E-state index contributed by atoms with van der Waals surface area (Å²) in [5, 5.41) is 10.6. The highest BCUT2D eigenvalue weighted by Crippen LogP contribution is 2.45. The number of nitrogens with zero attached hydrogens (tertiary/aromatic N) is 1. The highest BCUT2D eigenvalue weighted by Gasteiger charge is 2.32. The summed E-state index contributed by atoms with van der Waals surface area (Å²) in [6, 6.07) is 27.7. The number of nitrogens with two attached hydrogens (primary N) is 1. The largest absolute Gasteiger partial charge is 0.490 e. The molecule has 1 unspecified atom stereocenters. The topological polar surface area (TPSA) is 113 Å². The summed E-state index contributed by atoms with van der Waals surface area (Å²) in [5.74, 6) is 1.45. The van der Waals surface area contributed by atoms with Crippen molar-refractivity contribution in [1.82, 2.24) is 0 Å². The Morgan fingerprint density at radius 1 is 0.956 bits per heavy atom. The van der Waals surface area contributed by atoms with Crippen molar-refractivity contribution in [2.45, 2.75) is 39.2 Å². The minimum atomic E-state index is -0.579. The van der Waals surface area contributed by atoms with Crippen LogP contribution in [0.1, 0.15) is 54.9 Å². The lowest BCUT2D eigenvalue weighted by atomic mass is 9.83. The van der Waals surface area contributed by atoms with Gasteiger partial charge < -0.3 is 29.4 Å². The predicted molar refractivity (Wildman–Crippen MR) is 171 cm³/mol. The van der Waals surface area contributed by atoms with Gasteiger partial charge in [-0.15, -0.1) is 0 Å². The normalized spacial score (nSPS) is 13.8. The van der Waals surface area contributed by atoms with Crippen LogP contribution in [-0.2, 0) is 11.4 Å². The van der Waals surface area contributed by atoms with Gasteiger partial charge in [0.25, 0.3) is 0 Å². The molecule has 0 aromatic heterocycles. The van der Waals surface area contributed by atoms with E-state index < -0.39 is 11.9 Å². The van der Waals surface area contributed by atoms with Gasteiger partial charge in [-0.2, -0.15) is 5.26 Å². The van der Waals surface area contributed by atoms with Gasteiger partial charge in [-0.25, -0.2) is 4.79 Å². The Labute approximate surface area is 267 Å². The average Bonchev–Trinajstić information content (AvgIpc) is 3.03. The summed E-state index contributed by atoms with van der Waals surface area (Å²) in [7, 11) is 0. The van der Waals surface area contributed by atoms with Gasteiger partial charge in [0.15, 0.2) is 18.1 Å². The maximum absolute atomic E-state index is 12.6. The molecule has 0 amide bonds. The molecule has 0 aliphatic carbocycles. The number of benzene rings is 4. The zero-order chi connectivity index (χ0) is 31.9. The summed E-state index contributed by atoms with van der Waals surface area (Å²) in [4.78, 5) is 12.6. The standard InChI is InChI=1S/C36H33ClN2O6/c1-4-41-33-17-24(11-16-31(33)43-20-25-7-5-6-8-30(25)37)35-28-15-14-27(18-32(28)45-36(39)29(35)19-38)44-34(40)21-42-26-12-9-23(10-13-26)22(2)3/h5-18,22,35H,4,20-21,39H2,1-3H3. The number of hydrogen-bond acceptors (Lipinski definition) is 8. The molecule has 4 aromatic carbocycles. The summed E-state index contributed by atoms with van der Waals surface area (Å²) in [6.45, 7) is 6.48. The molecule has 9 heteroatoms. The molecule has 0 saturated heterocycles. The van der Waals surface area contributed by atoms with E-state index in [0.717, 1.165) is 11.1 Å². The number of hydrogen-bond donors (Lipinski definition) is 1. The monoisotopic (exact) mass is 624 g/mol. The zero-order valence-corrected chi connectivity index (χ0v) is 26.0. The summed E-state index contributed by atoms with van der Waals surface area (Å²) < 4.78 is 28.9. The number of carbonyl (C=O) groups excluding carboxylic acids is 1. The average molecular weight is 625 g/mol. The maximum Gasteiger partial charge on any atom is 0.349 e. The molecule has 1 heterocycles. The van der Waals surface area contributed by atoms with E-state index >= 15 is 0 Å². The molecule has 5 rings (SSSR count). The Morgan fingerprint density at radius 3 is 2.42 bits per heavy atom. The Bertz CT molecular complexity index is 1760. The van der Waals surface area contributed by atoms with Crippen molar-refractivity contribution < 1.29 is 28.5 Å². The second-order valence-electron chi connectivity index (χ2n) is 10.6. The van der Waals surface area contributed by atoms with E-state index in [0.29, 0.717) is 46.1 Å². The van der Waals surface area contributed by atoms with E-state index in [4.69, 9.17) is 41.0 Å². The molecule has 1 aliphatic rings. The molecule has 8 nitrogen and oxygen atoms in total. The van der Waals surface area contributed by atoms with Crippen LogP contribution in [-0.4, -0.2) is 19.2 Å². The number of rotatable bonds is 11. The van der Waals surface area contributed by atoms with E-state index in [2.05, 4.69) is 19.9 Å². The van der Waals surface area contributed by atoms with Crippen LogP contribution in [0.5, 0.6) is 28.7 Å². The minimum Gasteiger partial charge on any atom is -0.490 e. The SMILES string of the molecule is CCOc1cc(C2C(C#N)=C(N)Oc3cc(OC(=O)COc4ccc(C(C)C)cc4)ccc32)ccc1OCc1ccccc1Cl. The minimum absolute atomic E-state index is 0.0383. The van der Waals surface area contributed by atoms with Crippen LogP contribution in [0.15, 0.2) is 96.4 Å². The number of ether oxygens (including phenoxy) is 5. The molecular formula is C36H33ClN2O6. The fourth-order valence-corrected chi connectivity index (χ4v) is 5.15. The van der Waals surface area contributed by atoms with Gasteiger partial charge in [-0.1, -0.05) is 67.9 Å². The van der Waals surface area contributed by atoms with Crippen LogP contribution in [0.3, 0.4) is 0 Å². The second kappa shape index (κ2) is 14.1. The molecule has 2 N–H and O–H groups in total. The molecule has 1 aliphatic heterocycles. The van der Waals surface area contributed by atoms with Gasteiger partial charge in [-0.3, -0.25) is 0 Å². The van der Waals surface area contributed by atoms with E-state index in [1.54, 1.807) is 24.3 Å². The first-order valence-electron chi connectivity index (χ1n) is 14.5. The van der Waals surface area contributed by atoms with Crippen molar-refractivity contribution in [3.05, 3.63) is 124 Å². The Kier molecular flexibility index (Phi) is 9.81. The summed E-state index contributed by atoms with van der Waals surface area (Å²) in [6.07, 6.45) is 0. The quantitative estimate of drug-likeness (QED) is 0.134. The Balaban J connectivity index is 1.34. The number of esters is 1. The van der Waals surface area contributed by atoms with Gasteiger partial charge in [0.2, 0.25) is 5.88 Å². The highest BCUT2D eigenvalue weighted by molar-refractivity contribution is 6.31. The first-order chi connectivity index (χ1) is 21.8. The fourth-order valence-electron chi connectivity index (χ4n) is 4.96. The molecule has 0 saturated carbocycles. The van der Waals surface area contributed by atoms with E-state index in [-0.39, 0.29) is 30.4 Å². The molecule has 0 radical (unpaired) electrons. The van der Waals surface area contributed by atoms with Crippen LogP contribution in [0.4, 0.5) is 0 Å². The van der Waals surface area contributed by atoms with Gasteiger partial charge in [0.1, 0.15) is 35.5 Å². The van der Waals surface area contributed by atoms with Gasteiger partial charge >= 0.3 is 5.97 Å². The lowest BCUT2D eigenvalue weighted by Crippen LogP contribution is -2.22. The number of nitriles is 1. The Morgan fingerprint density at radius 2 is 1.71 bits per heavy atom. The third-order valence-corrected chi connectivity index (χ3v) is 7.64. The van der Waals surface area contributed by atoms with Crippen molar-refractivity contribution >= 4 is 17.6 Å². The first-order valence-corrected chi connectivity index (χ1v) is 14.9. The summed E-state index contributed by atoms with van der Waals surface area (Å²) in [5.41, 5.74) is 9.90. The van der Waals surface area contributed by atoms with Crippen molar-refractivity contribution in [2.75, 3.05) is 13.2 Å². The Hall–Kier alpha value is -5.13. The van der Waals surface area contributed by atoms with E-state index in [1.165, 1.54) is 5.56 Å². The summed E-state index contributed by atoms with van der Waals surface area (Å²) >= 11 is 6.30. The van der Waals surface area contributed by atoms with Crippen LogP contribution >= 0.6 is 11.6 Å². The second-order valence-corrected chi connectivity index (χ2v) is 11.0. The van der Waals surface area contributed by atoms with Crippen LogP contribution in [0.2, 0.25) is 5.02 Å². The van der Waals surface area contributed by atoms with Gasteiger partial charge in [0, 0.05) is 22.2 Å². The number of halogens is 1. The molecule has 230 valence electrons. The molecule has 0 fully saturated rings. The van der Waals surface area contributed by atoms with E-state index in [1.807, 2.05) is 67.6 Å². The van der Waals surface area contributed by atoms with Crippen molar-refractivity contribution in [2.24, 2.45) is 5.73 Å². The third kappa shape index (κ3) is 7.34. The van der Waals surface area contributed by atoms with Crippen LogP contribution in [0.25, 0.3) is 0 Å². The van der Waals surface area contributed by atoms with Crippen LogP contribution in [0, 0.1) is 11.3 Å². The fraction of sp³-hybridized carbons (Fsp3) is 0.222. The highest BCUT2D eigenvalue weighted by atomic mass is 35.5. The number of allylic oxidation sites excluding steroid dienone is 1. The molecule has 0 spiro atoms. The molecule has 45 heavy (non-hydrogen) atoms.